The maximum Gasteiger partial charge on any atom is 0.318 e. The summed E-state index contributed by atoms with van der Waals surface area (Å²) < 4.78 is 5.13. The first-order valence-electron chi connectivity index (χ1n) is 5.84. The summed E-state index contributed by atoms with van der Waals surface area (Å²) in [7, 11) is 1.60. The molecule has 3 amide bonds. The maximum absolute atomic E-state index is 11.2. The molecule has 0 aliphatic heterocycles. The van der Waals surface area contributed by atoms with E-state index >= 15 is 0 Å². The van der Waals surface area contributed by atoms with Gasteiger partial charge >= 0.3 is 6.03 Å². The Balaban J connectivity index is 1.93. The van der Waals surface area contributed by atoms with E-state index < -0.39 is 11.9 Å². The quantitative estimate of drug-likeness (QED) is 0.719. The highest BCUT2D eigenvalue weighted by atomic mass is 32.2. The van der Waals surface area contributed by atoms with Crippen LogP contribution in [0.3, 0.4) is 0 Å². The second-order valence-electron chi connectivity index (χ2n) is 3.94. The van der Waals surface area contributed by atoms with Crippen LogP contribution in [0, 0.1) is 0 Å². The van der Waals surface area contributed by atoms with E-state index in [9.17, 15) is 9.59 Å². The lowest BCUT2D eigenvalue weighted by molar-refractivity contribution is -0.119. The van der Waals surface area contributed by atoms with Crippen LogP contribution in [0.5, 0.6) is 5.75 Å². The van der Waals surface area contributed by atoms with Crippen LogP contribution in [0.4, 0.5) is 4.79 Å². The number of hydrogen-bond acceptors (Lipinski definition) is 5. The van der Waals surface area contributed by atoms with Crippen molar-refractivity contribution in [2.45, 2.75) is 11.6 Å². The second kappa shape index (κ2) is 6.29. The topological polar surface area (TPSA) is 110 Å². The second-order valence-corrected chi connectivity index (χ2v) is 5.02. The van der Waals surface area contributed by atoms with E-state index in [0.29, 0.717) is 10.9 Å². The molecule has 7 nitrogen and oxygen atoms in total. The molecule has 2 aromatic rings. The molecule has 0 saturated carbocycles. The molecule has 1 heterocycles. The zero-order valence-electron chi connectivity index (χ0n) is 10.8. The summed E-state index contributed by atoms with van der Waals surface area (Å²) in [4.78, 5) is 29.2. The Labute approximate surface area is 119 Å². The van der Waals surface area contributed by atoms with Crippen molar-refractivity contribution in [1.29, 1.82) is 0 Å². The van der Waals surface area contributed by atoms with Gasteiger partial charge in [-0.15, -0.1) is 0 Å². The number of nitrogens with two attached hydrogens (primary N) is 1. The lowest BCUT2D eigenvalue weighted by atomic mass is 10.3. The lowest BCUT2D eigenvalue weighted by Crippen LogP contribution is -2.35. The first kappa shape index (κ1) is 14.2. The minimum atomic E-state index is -0.837. The van der Waals surface area contributed by atoms with E-state index in [1.54, 1.807) is 7.11 Å². The smallest absolute Gasteiger partial charge is 0.318 e. The fourth-order valence-electron chi connectivity index (χ4n) is 1.60. The van der Waals surface area contributed by atoms with Gasteiger partial charge in [0.1, 0.15) is 5.75 Å². The number of carbonyl (C=O) groups excluding carboxylic acids is 2. The van der Waals surface area contributed by atoms with E-state index in [-0.39, 0.29) is 6.42 Å². The van der Waals surface area contributed by atoms with Crippen molar-refractivity contribution in [1.82, 2.24) is 15.3 Å². The molecular formula is C12H14N4O3S. The predicted molar refractivity (Wildman–Crippen MR) is 75.7 cm³/mol. The zero-order valence-corrected chi connectivity index (χ0v) is 11.6. The summed E-state index contributed by atoms with van der Waals surface area (Å²) in [6, 6.07) is 4.70. The van der Waals surface area contributed by atoms with Crippen LogP contribution in [0.15, 0.2) is 23.4 Å². The number of aromatic amines is 1. The molecule has 0 atom stereocenters. The van der Waals surface area contributed by atoms with Gasteiger partial charge in [0.25, 0.3) is 0 Å². The first-order valence-corrected chi connectivity index (χ1v) is 6.83. The molecule has 106 valence electrons. The summed E-state index contributed by atoms with van der Waals surface area (Å²) in [5.41, 5.74) is 6.54. The molecule has 20 heavy (non-hydrogen) atoms. The standard InChI is InChI=1S/C12H14N4O3S/c1-19-7-2-3-8-9(6-7)15-12(14-8)20-5-4-10(17)16-11(13)18/h2-3,6H,4-5H2,1H3,(H,14,15)(H3,13,16,17,18). The van der Waals surface area contributed by atoms with Gasteiger partial charge < -0.3 is 15.5 Å². The number of rotatable bonds is 5. The largest absolute Gasteiger partial charge is 0.497 e. The Morgan fingerprint density at radius 2 is 2.30 bits per heavy atom. The highest BCUT2D eigenvalue weighted by molar-refractivity contribution is 7.99. The number of carbonyl (C=O) groups is 2. The van der Waals surface area contributed by atoms with Crippen LogP contribution in [-0.4, -0.2) is 34.8 Å². The van der Waals surface area contributed by atoms with Crippen molar-refractivity contribution >= 4 is 34.7 Å². The van der Waals surface area contributed by atoms with Gasteiger partial charge in [0, 0.05) is 18.2 Å². The fraction of sp³-hybridized carbons (Fsp3) is 0.250. The van der Waals surface area contributed by atoms with Crippen LogP contribution in [0.25, 0.3) is 11.0 Å². The normalized spacial score (nSPS) is 10.4. The fourth-order valence-corrected chi connectivity index (χ4v) is 2.43. The SMILES string of the molecule is COc1ccc2nc(SCCC(=O)NC(N)=O)[nH]c2c1. The van der Waals surface area contributed by atoms with Gasteiger partial charge in [-0.2, -0.15) is 0 Å². The molecule has 0 aliphatic carbocycles. The molecule has 8 heteroatoms. The number of fused-ring (bicyclic) bond motifs is 1. The van der Waals surface area contributed by atoms with Gasteiger partial charge in [-0.1, -0.05) is 11.8 Å². The molecule has 0 bridgehead atoms. The summed E-state index contributed by atoms with van der Waals surface area (Å²) >= 11 is 1.39. The Kier molecular flexibility index (Phi) is 4.46. The van der Waals surface area contributed by atoms with Gasteiger partial charge in [0.05, 0.1) is 18.1 Å². The number of nitrogens with one attached hydrogen (secondary N) is 2. The van der Waals surface area contributed by atoms with Crippen molar-refractivity contribution in [2.24, 2.45) is 5.73 Å². The van der Waals surface area contributed by atoms with Gasteiger partial charge in [-0.25, -0.2) is 9.78 Å². The van der Waals surface area contributed by atoms with Crippen molar-refractivity contribution < 1.29 is 14.3 Å². The number of amides is 3. The van der Waals surface area contributed by atoms with E-state index in [1.807, 2.05) is 23.5 Å². The number of urea groups is 1. The minimum Gasteiger partial charge on any atom is -0.497 e. The van der Waals surface area contributed by atoms with E-state index in [1.165, 1.54) is 11.8 Å². The molecule has 0 unspecified atom stereocenters. The summed E-state index contributed by atoms with van der Waals surface area (Å²) in [6.07, 6.45) is 0.188. The van der Waals surface area contributed by atoms with Crippen LogP contribution < -0.4 is 15.8 Å². The average molecular weight is 294 g/mol. The molecule has 4 N–H and O–H groups in total. The van der Waals surface area contributed by atoms with Crippen LogP contribution >= 0.6 is 11.8 Å². The highest BCUT2D eigenvalue weighted by Gasteiger charge is 2.07. The number of nitrogens with zero attached hydrogens (tertiary/aromatic N) is 1. The minimum absolute atomic E-state index is 0.188. The molecule has 0 saturated heterocycles. The highest BCUT2D eigenvalue weighted by Crippen LogP contribution is 2.23. The molecular weight excluding hydrogens is 280 g/mol. The monoisotopic (exact) mass is 294 g/mol. The summed E-state index contributed by atoms with van der Waals surface area (Å²) in [6.45, 7) is 0. The Morgan fingerprint density at radius 1 is 1.50 bits per heavy atom. The summed E-state index contributed by atoms with van der Waals surface area (Å²) in [5, 5.41) is 2.72. The van der Waals surface area contributed by atoms with Crippen molar-refractivity contribution in [3.63, 3.8) is 0 Å². The lowest BCUT2D eigenvalue weighted by Gasteiger charge is -1.99. The molecule has 0 fully saturated rings. The van der Waals surface area contributed by atoms with Crippen molar-refractivity contribution in [3.8, 4) is 5.75 Å². The Hall–Kier alpha value is -2.22. The number of imide groups is 1. The number of aromatic nitrogens is 2. The van der Waals surface area contributed by atoms with E-state index in [2.05, 4.69) is 9.97 Å². The Morgan fingerprint density at radius 3 is 3.00 bits per heavy atom. The number of H-pyrrole nitrogens is 1. The molecule has 0 radical (unpaired) electrons. The third-order valence-electron chi connectivity index (χ3n) is 2.50. The predicted octanol–water partition coefficient (Wildman–Crippen LogP) is 1.25. The maximum atomic E-state index is 11.2. The summed E-state index contributed by atoms with van der Waals surface area (Å²) in [5.74, 6) is 0.845. The number of primary amides is 1. The van der Waals surface area contributed by atoms with Crippen molar-refractivity contribution in [3.05, 3.63) is 18.2 Å². The number of ether oxygens (including phenoxy) is 1. The average Bonchev–Trinajstić information content (AvgIpc) is 2.79. The van der Waals surface area contributed by atoms with Crippen LogP contribution in [0.2, 0.25) is 0 Å². The van der Waals surface area contributed by atoms with Crippen molar-refractivity contribution in [2.75, 3.05) is 12.9 Å². The van der Waals surface area contributed by atoms with E-state index in [0.717, 1.165) is 16.8 Å². The van der Waals surface area contributed by atoms with Gasteiger partial charge in [-0.3, -0.25) is 10.1 Å². The first-order chi connectivity index (χ1) is 9.58. The van der Waals surface area contributed by atoms with Gasteiger partial charge in [-0.05, 0) is 12.1 Å². The van der Waals surface area contributed by atoms with Gasteiger partial charge in [0.2, 0.25) is 5.91 Å². The molecule has 1 aromatic heterocycles. The number of benzene rings is 1. The number of thioether (sulfide) groups is 1. The van der Waals surface area contributed by atoms with Crippen LogP contribution in [0.1, 0.15) is 6.42 Å². The van der Waals surface area contributed by atoms with E-state index in [4.69, 9.17) is 10.5 Å². The van der Waals surface area contributed by atoms with Crippen LogP contribution in [-0.2, 0) is 4.79 Å². The molecule has 1 aromatic carbocycles. The third kappa shape index (κ3) is 3.64. The number of imidazole rings is 1. The number of methoxy groups -OCH3 is 1. The van der Waals surface area contributed by atoms with Gasteiger partial charge in [0.15, 0.2) is 5.16 Å². The Bertz CT molecular complexity index is 641. The third-order valence-corrected chi connectivity index (χ3v) is 3.37. The zero-order chi connectivity index (χ0) is 14.5. The number of hydrogen-bond donors (Lipinski definition) is 3. The molecule has 0 spiro atoms. The molecule has 2 rings (SSSR count). The molecule has 0 aliphatic rings.